The van der Waals surface area contributed by atoms with Gasteiger partial charge in [0.1, 0.15) is 5.75 Å². The van der Waals surface area contributed by atoms with Gasteiger partial charge in [0.05, 0.1) is 11.5 Å². The minimum Gasteiger partial charge on any atom is -0.494 e. The molecule has 0 atom stereocenters. The highest BCUT2D eigenvalue weighted by Gasteiger charge is 2.19. The van der Waals surface area contributed by atoms with Crippen molar-refractivity contribution >= 4 is 15.0 Å². The number of hydrogen-bond acceptors (Lipinski definition) is 4. The normalized spacial score (nSPS) is 11.1. The van der Waals surface area contributed by atoms with E-state index in [0.29, 0.717) is 12.4 Å². The van der Waals surface area contributed by atoms with Gasteiger partial charge < -0.3 is 4.74 Å². The lowest BCUT2D eigenvalue weighted by atomic mass is 10.3. The first-order valence-corrected chi connectivity index (χ1v) is 5.95. The number of sulfone groups is 1. The van der Waals surface area contributed by atoms with Crippen LogP contribution >= 0.6 is 0 Å². The van der Waals surface area contributed by atoms with E-state index in [0.717, 1.165) is 6.92 Å². The Morgan fingerprint density at radius 1 is 1.27 bits per heavy atom. The van der Waals surface area contributed by atoms with Crippen LogP contribution in [0.4, 0.5) is 0 Å². The summed E-state index contributed by atoms with van der Waals surface area (Å²) in [5.41, 5.74) is 0. The van der Waals surface area contributed by atoms with Crippen LogP contribution in [0.3, 0.4) is 0 Å². The molecule has 0 N–H and O–H groups in total. The molecule has 1 aromatic rings. The SMILES string of the molecule is CCOc1ccc(S(=O)(=O)C(C)=O)cc1. The van der Waals surface area contributed by atoms with Gasteiger partial charge in [0.25, 0.3) is 0 Å². The van der Waals surface area contributed by atoms with Gasteiger partial charge in [0.15, 0.2) is 0 Å². The Balaban J connectivity index is 3.04. The Kier molecular flexibility index (Phi) is 3.47. The average Bonchev–Trinajstić information content (AvgIpc) is 2.19. The second-order valence-corrected chi connectivity index (χ2v) is 4.95. The number of benzene rings is 1. The molecule has 4 nitrogen and oxygen atoms in total. The van der Waals surface area contributed by atoms with E-state index >= 15 is 0 Å². The summed E-state index contributed by atoms with van der Waals surface area (Å²) in [6, 6.07) is 5.78. The van der Waals surface area contributed by atoms with E-state index in [4.69, 9.17) is 4.74 Å². The van der Waals surface area contributed by atoms with Gasteiger partial charge in [0, 0.05) is 6.92 Å². The zero-order chi connectivity index (χ0) is 11.5. The fourth-order valence-corrected chi connectivity index (χ4v) is 1.87. The van der Waals surface area contributed by atoms with Crippen molar-refractivity contribution in [2.45, 2.75) is 18.7 Å². The van der Waals surface area contributed by atoms with E-state index in [9.17, 15) is 13.2 Å². The van der Waals surface area contributed by atoms with Gasteiger partial charge in [-0.15, -0.1) is 0 Å². The molecule has 15 heavy (non-hydrogen) atoms. The molecule has 0 aliphatic rings. The van der Waals surface area contributed by atoms with Crippen LogP contribution in [-0.2, 0) is 14.6 Å². The van der Waals surface area contributed by atoms with Crippen LogP contribution < -0.4 is 4.74 Å². The van der Waals surface area contributed by atoms with E-state index < -0.39 is 15.0 Å². The standard InChI is InChI=1S/C10H12O4S/c1-3-14-9-4-6-10(7-5-9)15(12,13)8(2)11/h4-7H,3H2,1-2H3. The van der Waals surface area contributed by atoms with Crippen LogP contribution in [0.2, 0.25) is 0 Å². The number of ether oxygens (including phenoxy) is 1. The van der Waals surface area contributed by atoms with Gasteiger partial charge >= 0.3 is 0 Å². The maximum Gasteiger partial charge on any atom is 0.248 e. The van der Waals surface area contributed by atoms with Crippen molar-refractivity contribution in [2.24, 2.45) is 0 Å². The topological polar surface area (TPSA) is 60.4 Å². The molecule has 0 saturated carbocycles. The van der Waals surface area contributed by atoms with Gasteiger partial charge in [-0.1, -0.05) is 0 Å². The summed E-state index contributed by atoms with van der Waals surface area (Å²) < 4.78 is 28.0. The van der Waals surface area contributed by atoms with Crippen molar-refractivity contribution in [2.75, 3.05) is 6.61 Å². The zero-order valence-electron chi connectivity index (χ0n) is 8.56. The third-order valence-corrected chi connectivity index (χ3v) is 3.47. The molecular weight excluding hydrogens is 216 g/mol. The Labute approximate surface area is 88.8 Å². The Hall–Kier alpha value is -1.36. The summed E-state index contributed by atoms with van der Waals surface area (Å²) in [5.74, 6) is 0.583. The molecule has 0 heterocycles. The van der Waals surface area contributed by atoms with Gasteiger partial charge in [-0.2, -0.15) is 0 Å². The van der Waals surface area contributed by atoms with Crippen molar-refractivity contribution in [1.29, 1.82) is 0 Å². The smallest absolute Gasteiger partial charge is 0.248 e. The molecule has 0 aliphatic carbocycles. The Bertz CT molecular complexity index is 445. The van der Waals surface area contributed by atoms with Crippen LogP contribution in [0.25, 0.3) is 0 Å². The van der Waals surface area contributed by atoms with Gasteiger partial charge in [-0.05, 0) is 31.2 Å². The fourth-order valence-electron chi connectivity index (χ4n) is 1.05. The van der Waals surface area contributed by atoms with Crippen LogP contribution in [0.15, 0.2) is 29.2 Å². The number of carbonyl (C=O) groups is 1. The molecule has 0 unspecified atom stereocenters. The molecule has 0 saturated heterocycles. The lowest BCUT2D eigenvalue weighted by molar-refractivity contribution is -0.109. The van der Waals surface area contributed by atoms with E-state index in [2.05, 4.69) is 0 Å². The van der Waals surface area contributed by atoms with Crippen LogP contribution in [0.1, 0.15) is 13.8 Å². The summed E-state index contributed by atoms with van der Waals surface area (Å²) in [6.07, 6.45) is 0. The predicted molar refractivity (Wildman–Crippen MR) is 55.5 cm³/mol. The molecular formula is C10H12O4S. The number of carbonyl (C=O) groups excluding carboxylic acids is 1. The Morgan fingerprint density at radius 3 is 2.20 bits per heavy atom. The van der Waals surface area contributed by atoms with E-state index in [-0.39, 0.29) is 4.90 Å². The first-order valence-electron chi connectivity index (χ1n) is 4.47. The maximum atomic E-state index is 11.4. The maximum absolute atomic E-state index is 11.4. The zero-order valence-corrected chi connectivity index (χ0v) is 9.37. The Morgan fingerprint density at radius 2 is 1.80 bits per heavy atom. The molecule has 1 rings (SSSR count). The van der Waals surface area contributed by atoms with Crippen LogP contribution in [0.5, 0.6) is 5.75 Å². The molecule has 0 spiro atoms. The molecule has 0 fully saturated rings. The molecule has 82 valence electrons. The molecule has 1 aromatic carbocycles. The van der Waals surface area contributed by atoms with Crippen molar-refractivity contribution in [1.82, 2.24) is 0 Å². The monoisotopic (exact) mass is 228 g/mol. The summed E-state index contributed by atoms with van der Waals surface area (Å²) >= 11 is 0. The lowest BCUT2D eigenvalue weighted by Crippen LogP contribution is -2.10. The minimum atomic E-state index is -3.80. The largest absolute Gasteiger partial charge is 0.494 e. The summed E-state index contributed by atoms with van der Waals surface area (Å²) in [6.45, 7) is 3.38. The van der Waals surface area contributed by atoms with Crippen molar-refractivity contribution in [3.05, 3.63) is 24.3 Å². The van der Waals surface area contributed by atoms with Crippen molar-refractivity contribution in [3.8, 4) is 5.75 Å². The van der Waals surface area contributed by atoms with Gasteiger partial charge in [0.2, 0.25) is 15.0 Å². The second kappa shape index (κ2) is 4.44. The van der Waals surface area contributed by atoms with E-state index in [1.165, 1.54) is 24.3 Å². The fraction of sp³-hybridized carbons (Fsp3) is 0.300. The quantitative estimate of drug-likeness (QED) is 0.784. The molecule has 0 bridgehead atoms. The lowest BCUT2D eigenvalue weighted by Gasteiger charge is -2.03. The minimum absolute atomic E-state index is 0.00143. The summed E-state index contributed by atoms with van der Waals surface area (Å²) in [5, 5.41) is -0.855. The third kappa shape index (κ3) is 2.56. The highest BCUT2D eigenvalue weighted by molar-refractivity contribution is 8.06. The summed E-state index contributed by atoms with van der Waals surface area (Å²) in [7, 11) is -3.80. The van der Waals surface area contributed by atoms with Crippen molar-refractivity contribution in [3.63, 3.8) is 0 Å². The van der Waals surface area contributed by atoms with E-state index in [1.807, 2.05) is 6.92 Å². The van der Waals surface area contributed by atoms with Gasteiger partial charge in [-0.25, -0.2) is 8.42 Å². The second-order valence-electron chi connectivity index (χ2n) is 2.90. The van der Waals surface area contributed by atoms with E-state index in [1.54, 1.807) is 0 Å². The highest BCUT2D eigenvalue weighted by atomic mass is 32.2. The first kappa shape index (κ1) is 11.7. The van der Waals surface area contributed by atoms with Crippen molar-refractivity contribution < 1.29 is 17.9 Å². The average molecular weight is 228 g/mol. The molecule has 0 aromatic heterocycles. The molecule has 0 amide bonds. The highest BCUT2D eigenvalue weighted by Crippen LogP contribution is 2.17. The predicted octanol–water partition coefficient (Wildman–Crippen LogP) is 1.41. The molecule has 5 heteroatoms. The molecule has 0 aliphatic heterocycles. The summed E-state index contributed by atoms with van der Waals surface area (Å²) in [4.78, 5) is 10.9. The first-order chi connectivity index (χ1) is 6.98. The van der Waals surface area contributed by atoms with Crippen LogP contribution in [0, 0.1) is 0 Å². The third-order valence-electron chi connectivity index (χ3n) is 1.82. The van der Waals surface area contributed by atoms with Gasteiger partial charge in [-0.3, -0.25) is 4.79 Å². The number of hydrogen-bond donors (Lipinski definition) is 0. The molecule has 0 radical (unpaired) electrons. The van der Waals surface area contributed by atoms with Crippen LogP contribution in [-0.4, -0.2) is 20.1 Å². The number of rotatable bonds is 3.